The van der Waals surface area contributed by atoms with Gasteiger partial charge < -0.3 is 9.30 Å². The largest absolute Gasteiger partial charge is 0.496 e. The van der Waals surface area contributed by atoms with Gasteiger partial charge in [-0.15, -0.1) is 10.2 Å². The summed E-state index contributed by atoms with van der Waals surface area (Å²) in [4.78, 5) is 12.7. The molecule has 0 radical (unpaired) electrons. The van der Waals surface area contributed by atoms with Crippen molar-refractivity contribution >= 4 is 27.6 Å². The van der Waals surface area contributed by atoms with E-state index in [1.807, 2.05) is 35.9 Å². The molecule has 30 heavy (non-hydrogen) atoms. The summed E-state index contributed by atoms with van der Waals surface area (Å²) >= 11 is 1.27. The van der Waals surface area contributed by atoms with Gasteiger partial charge in [0.25, 0.3) is 0 Å². The third-order valence-electron chi connectivity index (χ3n) is 4.47. The lowest BCUT2D eigenvalue weighted by atomic mass is 10.1. The van der Waals surface area contributed by atoms with Crippen molar-refractivity contribution in [3.63, 3.8) is 0 Å². The van der Waals surface area contributed by atoms with Crippen LogP contribution in [0, 0.1) is 0 Å². The highest BCUT2D eigenvalue weighted by Crippen LogP contribution is 2.30. The average molecular weight is 447 g/mol. The number of hydrogen-bond acceptors (Lipinski definition) is 7. The van der Waals surface area contributed by atoms with E-state index in [1.54, 1.807) is 7.11 Å². The highest BCUT2D eigenvalue weighted by atomic mass is 32.2. The van der Waals surface area contributed by atoms with Crippen LogP contribution < -0.4 is 4.74 Å². The van der Waals surface area contributed by atoms with E-state index in [2.05, 4.69) is 10.2 Å². The molecular weight excluding hydrogens is 424 g/mol. The zero-order chi connectivity index (χ0) is 21.9. The second-order valence-electron chi connectivity index (χ2n) is 6.59. The Hall–Kier alpha value is -2.69. The predicted molar refractivity (Wildman–Crippen MR) is 115 cm³/mol. The molecule has 0 atom stereocenters. The molecule has 0 N–H and O–H groups in total. The second kappa shape index (κ2) is 8.99. The molecule has 0 aliphatic rings. The zero-order valence-electron chi connectivity index (χ0n) is 17.1. The van der Waals surface area contributed by atoms with Crippen molar-refractivity contribution in [3.05, 3.63) is 54.1 Å². The fourth-order valence-electron chi connectivity index (χ4n) is 2.74. The third-order valence-corrected chi connectivity index (χ3v) is 7.32. The summed E-state index contributed by atoms with van der Waals surface area (Å²) in [6, 6.07) is 13.4. The minimum Gasteiger partial charge on any atom is -0.496 e. The second-order valence-corrected chi connectivity index (χ2v) is 9.68. The van der Waals surface area contributed by atoms with Crippen molar-refractivity contribution in [3.8, 4) is 17.1 Å². The number of aromatic nitrogens is 3. The van der Waals surface area contributed by atoms with E-state index in [0.717, 1.165) is 9.87 Å². The maximum absolute atomic E-state index is 12.5. The summed E-state index contributed by atoms with van der Waals surface area (Å²) in [5.74, 6) is 1.35. The van der Waals surface area contributed by atoms with Gasteiger partial charge in [0.2, 0.25) is 10.0 Å². The van der Waals surface area contributed by atoms with Crippen molar-refractivity contribution in [1.82, 2.24) is 19.1 Å². The number of hydrogen-bond donors (Lipinski definition) is 0. The lowest BCUT2D eigenvalue weighted by Crippen LogP contribution is -2.22. The van der Waals surface area contributed by atoms with E-state index in [0.29, 0.717) is 22.3 Å². The Kier molecular flexibility index (Phi) is 6.59. The van der Waals surface area contributed by atoms with Crippen LogP contribution in [0.1, 0.15) is 10.4 Å². The first-order valence-electron chi connectivity index (χ1n) is 8.97. The number of benzene rings is 2. The van der Waals surface area contributed by atoms with Crippen LogP contribution >= 0.6 is 11.8 Å². The molecule has 0 spiro atoms. The Morgan fingerprint density at radius 1 is 1.10 bits per heavy atom. The van der Waals surface area contributed by atoms with Crippen molar-refractivity contribution in [1.29, 1.82) is 0 Å². The molecule has 2 aromatic carbocycles. The summed E-state index contributed by atoms with van der Waals surface area (Å²) < 4.78 is 32.6. The standard InChI is InChI=1S/C20H22N4O4S2/c1-23(2)30(26,27)15-11-9-14(10-12-15)17(25)13-29-20-22-21-19(24(20)3)16-7-5-6-8-18(16)28-4/h5-12H,13H2,1-4H3. The number of methoxy groups -OCH3 is 1. The SMILES string of the molecule is COc1ccccc1-c1nnc(SCC(=O)c2ccc(S(=O)(=O)N(C)C)cc2)n1C. The fraction of sp³-hybridized carbons (Fsp3) is 0.250. The molecule has 158 valence electrons. The molecule has 8 nitrogen and oxygen atoms in total. The molecule has 0 saturated heterocycles. The first kappa shape index (κ1) is 22.0. The number of thioether (sulfide) groups is 1. The number of rotatable bonds is 8. The van der Waals surface area contributed by atoms with Crippen LogP contribution in [0.3, 0.4) is 0 Å². The number of para-hydroxylation sites is 1. The molecule has 1 heterocycles. The minimum atomic E-state index is -3.52. The first-order valence-corrected chi connectivity index (χ1v) is 11.4. The lowest BCUT2D eigenvalue weighted by molar-refractivity contribution is 0.102. The molecule has 0 fully saturated rings. The number of nitrogens with zero attached hydrogens (tertiary/aromatic N) is 4. The number of Topliss-reactive ketones (excluding diaryl/α,β-unsaturated/α-hetero) is 1. The topological polar surface area (TPSA) is 94.4 Å². The number of carbonyl (C=O) groups excluding carboxylic acids is 1. The smallest absolute Gasteiger partial charge is 0.242 e. The summed E-state index contributed by atoms with van der Waals surface area (Å²) in [6.45, 7) is 0. The molecule has 0 aliphatic heterocycles. The maximum Gasteiger partial charge on any atom is 0.242 e. The molecule has 0 aliphatic carbocycles. The van der Waals surface area contributed by atoms with E-state index in [-0.39, 0.29) is 16.4 Å². The summed E-state index contributed by atoms with van der Waals surface area (Å²) in [5.41, 5.74) is 1.25. The Morgan fingerprint density at radius 2 is 1.77 bits per heavy atom. The van der Waals surface area contributed by atoms with Gasteiger partial charge in [-0.1, -0.05) is 36.0 Å². The van der Waals surface area contributed by atoms with Gasteiger partial charge >= 0.3 is 0 Å². The molecule has 3 aromatic rings. The van der Waals surface area contributed by atoms with Crippen LogP contribution in [0.25, 0.3) is 11.4 Å². The Bertz CT molecular complexity index is 1160. The van der Waals surface area contributed by atoms with Gasteiger partial charge in [0.05, 0.1) is 23.3 Å². The van der Waals surface area contributed by atoms with Gasteiger partial charge in [0.1, 0.15) is 5.75 Å². The van der Waals surface area contributed by atoms with Crippen LogP contribution in [-0.4, -0.2) is 60.2 Å². The van der Waals surface area contributed by atoms with Crippen LogP contribution in [0.4, 0.5) is 0 Å². The van der Waals surface area contributed by atoms with Crippen LogP contribution in [0.2, 0.25) is 0 Å². The molecule has 0 bridgehead atoms. The monoisotopic (exact) mass is 446 g/mol. The number of sulfonamides is 1. The third kappa shape index (κ3) is 4.40. The summed E-state index contributed by atoms with van der Waals surface area (Å²) in [7, 11) is 2.83. The van der Waals surface area contributed by atoms with Gasteiger partial charge in [0, 0.05) is 26.7 Å². The predicted octanol–water partition coefficient (Wildman–Crippen LogP) is 2.72. The van der Waals surface area contributed by atoms with E-state index in [4.69, 9.17) is 4.74 Å². The fourth-order valence-corrected chi connectivity index (χ4v) is 4.45. The van der Waals surface area contributed by atoms with E-state index >= 15 is 0 Å². The van der Waals surface area contributed by atoms with Gasteiger partial charge in [0.15, 0.2) is 16.8 Å². The van der Waals surface area contributed by atoms with E-state index < -0.39 is 10.0 Å². The Labute approximate surface area is 179 Å². The molecule has 3 rings (SSSR count). The van der Waals surface area contributed by atoms with E-state index in [9.17, 15) is 13.2 Å². The average Bonchev–Trinajstić information content (AvgIpc) is 3.12. The highest BCUT2D eigenvalue weighted by Gasteiger charge is 2.19. The molecule has 10 heteroatoms. The zero-order valence-corrected chi connectivity index (χ0v) is 18.7. The Balaban J connectivity index is 1.72. The van der Waals surface area contributed by atoms with Gasteiger partial charge in [-0.05, 0) is 24.3 Å². The highest BCUT2D eigenvalue weighted by molar-refractivity contribution is 7.99. The lowest BCUT2D eigenvalue weighted by Gasteiger charge is -2.11. The summed E-state index contributed by atoms with van der Waals surface area (Å²) in [6.07, 6.45) is 0. The van der Waals surface area contributed by atoms with Gasteiger partial charge in [-0.3, -0.25) is 4.79 Å². The van der Waals surface area contributed by atoms with Crippen LogP contribution in [-0.2, 0) is 17.1 Å². The molecule has 0 unspecified atom stereocenters. The number of carbonyl (C=O) groups is 1. The number of ketones is 1. The van der Waals surface area contributed by atoms with Crippen LogP contribution in [0.15, 0.2) is 58.6 Å². The normalized spacial score (nSPS) is 11.6. The molecule has 0 saturated carbocycles. The van der Waals surface area contributed by atoms with E-state index in [1.165, 1.54) is 50.1 Å². The van der Waals surface area contributed by atoms with Crippen molar-refractivity contribution < 1.29 is 17.9 Å². The van der Waals surface area contributed by atoms with Gasteiger partial charge in [-0.2, -0.15) is 0 Å². The van der Waals surface area contributed by atoms with Crippen molar-refractivity contribution in [2.24, 2.45) is 7.05 Å². The summed E-state index contributed by atoms with van der Waals surface area (Å²) in [5, 5.41) is 9.01. The molecule has 1 aromatic heterocycles. The quantitative estimate of drug-likeness (QED) is 0.388. The van der Waals surface area contributed by atoms with Gasteiger partial charge in [-0.25, -0.2) is 12.7 Å². The van der Waals surface area contributed by atoms with Crippen LogP contribution in [0.5, 0.6) is 5.75 Å². The van der Waals surface area contributed by atoms with Crippen molar-refractivity contribution in [2.45, 2.75) is 10.1 Å². The molecular formula is C20H22N4O4S2. The van der Waals surface area contributed by atoms with Crippen molar-refractivity contribution in [2.75, 3.05) is 27.0 Å². The molecule has 0 amide bonds. The maximum atomic E-state index is 12.5. The first-order chi connectivity index (χ1) is 14.3. The minimum absolute atomic E-state index is 0.129. The Morgan fingerprint density at radius 3 is 2.40 bits per heavy atom. The number of ether oxygens (including phenoxy) is 1.